The summed E-state index contributed by atoms with van der Waals surface area (Å²) in [5.74, 6) is 0. The summed E-state index contributed by atoms with van der Waals surface area (Å²) in [5.41, 5.74) is 0.173. The van der Waals surface area contributed by atoms with E-state index in [1.165, 1.54) is 12.1 Å². The number of sulfonamides is 1. The van der Waals surface area contributed by atoms with Crippen LogP contribution in [0.5, 0.6) is 0 Å². The third-order valence-corrected chi connectivity index (χ3v) is 4.97. The quantitative estimate of drug-likeness (QED) is 0.730. The molecule has 2 N–H and O–H groups in total. The van der Waals surface area contributed by atoms with Gasteiger partial charge in [-0.15, -0.1) is 0 Å². The van der Waals surface area contributed by atoms with Gasteiger partial charge >= 0.3 is 0 Å². The molecule has 0 aromatic heterocycles. The van der Waals surface area contributed by atoms with Crippen LogP contribution in [-0.4, -0.2) is 52.6 Å². The monoisotopic (exact) mass is 308 g/mol. The maximum Gasteiger partial charge on any atom is 0.241 e. The highest BCUT2D eigenvalue weighted by molar-refractivity contribution is 7.89. The molecule has 0 unspecified atom stereocenters. The molecule has 0 radical (unpaired) electrons. The molecular weight excluding hydrogens is 288 g/mol. The molecule has 0 bridgehead atoms. The van der Waals surface area contributed by atoms with Gasteiger partial charge in [-0.1, -0.05) is 12.1 Å². The van der Waals surface area contributed by atoms with Crippen molar-refractivity contribution in [3.8, 4) is 6.07 Å². The lowest BCUT2D eigenvalue weighted by Gasteiger charge is -2.27. The lowest BCUT2D eigenvalue weighted by atomic mass is 10.2. The number of nitriles is 1. The molecular formula is C14H20N4O2S. The third kappa shape index (κ3) is 4.51. The lowest BCUT2D eigenvalue weighted by Crippen LogP contribution is -2.44. The van der Waals surface area contributed by atoms with Gasteiger partial charge in [0.2, 0.25) is 10.0 Å². The van der Waals surface area contributed by atoms with Crippen LogP contribution in [0.4, 0.5) is 0 Å². The zero-order valence-corrected chi connectivity index (χ0v) is 12.7. The average Bonchev–Trinajstić information content (AvgIpc) is 2.52. The topological polar surface area (TPSA) is 85.2 Å². The van der Waals surface area contributed by atoms with Crippen molar-refractivity contribution in [2.24, 2.45) is 0 Å². The van der Waals surface area contributed by atoms with E-state index in [2.05, 4.69) is 14.9 Å². The van der Waals surface area contributed by atoms with E-state index in [1.54, 1.807) is 12.1 Å². The fraction of sp³-hybridized carbons (Fsp3) is 0.500. The third-order valence-electron chi connectivity index (χ3n) is 3.45. The van der Waals surface area contributed by atoms with E-state index in [-0.39, 0.29) is 10.5 Å². The number of hydrogen-bond donors (Lipinski definition) is 2. The Hall–Kier alpha value is -1.46. The molecule has 1 aromatic carbocycles. The fourth-order valence-corrected chi connectivity index (χ4v) is 3.54. The summed E-state index contributed by atoms with van der Waals surface area (Å²) in [4.78, 5) is 2.36. The van der Waals surface area contributed by atoms with Gasteiger partial charge in [-0.2, -0.15) is 5.26 Å². The van der Waals surface area contributed by atoms with Crippen molar-refractivity contribution >= 4 is 10.0 Å². The second-order valence-corrected chi connectivity index (χ2v) is 6.69. The lowest BCUT2D eigenvalue weighted by molar-refractivity contribution is 0.239. The summed E-state index contributed by atoms with van der Waals surface area (Å²) >= 11 is 0. The minimum absolute atomic E-state index is 0.0506. The minimum Gasteiger partial charge on any atom is -0.314 e. The van der Waals surface area contributed by atoms with Crippen molar-refractivity contribution in [2.75, 3.05) is 39.3 Å². The Morgan fingerprint density at radius 1 is 1.29 bits per heavy atom. The molecule has 0 amide bonds. The molecule has 2 rings (SSSR count). The van der Waals surface area contributed by atoms with Crippen LogP contribution in [0.1, 0.15) is 12.0 Å². The maximum atomic E-state index is 12.2. The van der Waals surface area contributed by atoms with Gasteiger partial charge in [0.05, 0.1) is 10.5 Å². The molecule has 21 heavy (non-hydrogen) atoms. The highest BCUT2D eigenvalue weighted by Crippen LogP contribution is 2.13. The van der Waals surface area contributed by atoms with Crippen molar-refractivity contribution in [2.45, 2.75) is 11.3 Å². The Labute approximate surface area is 125 Å². The molecule has 1 saturated heterocycles. The van der Waals surface area contributed by atoms with E-state index < -0.39 is 10.0 Å². The van der Waals surface area contributed by atoms with Crippen LogP contribution in [0.3, 0.4) is 0 Å². The molecule has 7 heteroatoms. The van der Waals surface area contributed by atoms with Crippen LogP contribution in [0, 0.1) is 11.3 Å². The van der Waals surface area contributed by atoms with Crippen LogP contribution in [0.2, 0.25) is 0 Å². The van der Waals surface area contributed by atoms with Crippen molar-refractivity contribution < 1.29 is 8.42 Å². The van der Waals surface area contributed by atoms with Crippen molar-refractivity contribution in [3.05, 3.63) is 29.8 Å². The van der Waals surface area contributed by atoms with Crippen LogP contribution in [0.25, 0.3) is 0 Å². The number of nitrogens with one attached hydrogen (secondary N) is 2. The Kier molecular flexibility index (Phi) is 5.70. The van der Waals surface area contributed by atoms with Crippen LogP contribution < -0.4 is 10.0 Å². The van der Waals surface area contributed by atoms with E-state index in [4.69, 9.17) is 5.26 Å². The summed E-state index contributed by atoms with van der Waals surface area (Å²) < 4.78 is 26.9. The van der Waals surface area contributed by atoms with Gasteiger partial charge in [0.15, 0.2) is 0 Å². The Balaban J connectivity index is 1.85. The SMILES string of the molecule is N#Cc1ccccc1S(=O)(=O)NCCCN1CCNCC1. The van der Waals surface area contributed by atoms with Crippen molar-refractivity contribution in [1.82, 2.24) is 14.9 Å². The average molecular weight is 308 g/mol. The molecule has 1 aliphatic heterocycles. The number of hydrogen-bond acceptors (Lipinski definition) is 5. The van der Waals surface area contributed by atoms with E-state index in [0.717, 1.165) is 39.1 Å². The number of rotatable bonds is 6. The van der Waals surface area contributed by atoms with Crippen LogP contribution in [-0.2, 0) is 10.0 Å². The highest BCUT2D eigenvalue weighted by Gasteiger charge is 2.17. The van der Waals surface area contributed by atoms with E-state index in [0.29, 0.717) is 6.54 Å². The molecule has 0 aliphatic carbocycles. The van der Waals surface area contributed by atoms with Gasteiger partial charge < -0.3 is 10.2 Å². The first-order valence-corrected chi connectivity index (χ1v) is 8.54. The number of benzene rings is 1. The Morgan fingerprint density at radius 3 is 2.71 bits per heavy atom. The van der Waals surface area contributed by atoms with Gasteiger partial charge in [0.1, 0.15) is 6.07 Å². The normalized spacial score (nSPS) is 16.5. The van der Waals surface area contributed by atoms with Gasteiger partial charge in [-0.25, -0.2) is 13.1 Å². The predicted octanol–water partition coefficient (Wildman–Crippen LogP) is 0.132. The van der Waals surface area contributed by atoms with Crippen molar-refractivity contribution in [3.63, 3.8) is 0 Å². The molecule has 1 aromatic rings. The summed E-state index contributed by atoms with van der Waals surface area (Å²) in [6.07, 6.45) is 0.758. The Bertz CT molecular complexity index is 604. The van der Waals surface area contributed by atoms with Crippen molar-refractivity contribution in [1.29, 1.82) is 5.26 Å². The van der Waals surface area contributed by atoms with E-state index >= 15 is 0 Å². The van der Waals surface area contributed by atoms with E-state index in [9.17, 15) is 8.42 Å². The van der Waals surface area contributed by atoms with Gasteiger partial charge in [-0.05, 0) is 25.1 Å². The summed E-state index contributed by atoms with van der Waals surface area (Å²) in [6.45, 7) is 5.24. The summed E-state index contributed by atoms with van der Waals surface area (Å²) in [5, 5.41) is 12.2. The van der Waals surface area contributed by atoms with Gasteiger partial charge in [0, 0.05) is 32.7 Å². The molecule has 0 saturated carbocycles. The minimum atomic E-state index is -3.61. The molecule has 1 fully saturated rings. The van der Waals surface area contributed by atoms with Gasteiger partial charge in [0.25, 0.3) is 0 Å². The van der Waals surface area contributed by atoms with Crippen LogP contribution in [0.15, 0.2) is 29.2 Å². The van der Waals surface area contributed by atoms with Gasteiger partial charge in [-0.3, -0.25) is 0 Å². The zero-order chi connectivity index (χ0) is 15.1. The number of nitrogens with zero attached hydrogens (tertiary/aromatic N) is 2. The Morgan fingerprint density at radius 2 is 2.00 bits per heavy atom. The van der Waals surface area contributed by atoms with E-state index in [1.807, 2.05) is 6.07 Å². The molecule has 6 nitrogen and oxygen atoms in total. The summed E-state index contributed by atoms with van der Waals surface area (Å²) in [6, 6.07) is 8.15. The number of piperazine rings is 1. The van der Waals surface area contributed by atoms with Crippen LogP contribution >= 0.6 is 0 Å². The largest absolute Gasteiger partial charge is 0.314 e. The molecule has 0 atom stereocenters. The molecule has 114 valence electrons. The predicted molar refractivity (Wildman–Crippen MR) is 80.3 cm³/mol. The highest BCUT2D eigenvalue weighted by atomic mass is 32.2. The standard InChI is InChI=1S/C14H20N4O2S/c15-12-13-4-1-2-5-14(13)21(19,20)17-6-3-9-18-10-7-16-8-11-18/h1-2,4-5,16-17H,3,6-11H2. The second kappa shape index (κ2) is 7.52. The smallest absolute Gasteiger partial charge is 0.241 e. The second-order valence-electron chi connectivity index (χ2n) is 4.95. The molecule has 1 heterocycles. The molecule has 1 aliphatic rings. The fourth-order valence-electron chi connectivity index (χ4n) is 2.32. The first kappa shape index (κ1) is 15.9. The zero-order valence-electron chi connectivity index (χ0n) is 11.9. The maximum absolute atomic E-state index is 12.2. The first-order chi connectivity index (χ1) is 10.1. The molecule has 0 spiro atoms. The summed E-state index contributed by atoms with van der Waals surface area (Å²) in [7, 11) is -3.61. The first-order valence-electron chi connectivity index (χ1n) is 7.05.